The number of hydrogen-bond donors (Lipinski definition) is 1. The number of halogens is 4. The summed E-state index contributed by atoms with van der Waals surface area (Å²) in [6.07, 6.45) is -4.67. The summed E-state index contributed by atoms with van der Waals surface area (Å²) < 4.78 is 58.5. The number of amides is 1. The van der Waals surface area contributed by atoms with E-state index in [1.54, 1.807) is 6.92 Å². The maximum absolute atomic E-state index is 13.3. The number of anilines is 1. The van der Waals surface area contributed by atoms with Crippen molar-refractivity contribution >= 4 is 11.6 Å². The lowest BCUT2D eigenvalue weighted by Crippen LogP contribution is -2.15. The lowest BCUT2D eigenvalue weighted by atomic mass is 10.1. The van der Waals surface area contributed by atoms with E-state index in [1.807, 2.05) is 6.07 Å². The molecule has 0 saturated carbocycles. The van der Waals surface area contributed by atoms with Gasteiger partial charge in [-0.2, -0.15) is 18.4 Å². The molecule has 0 aliphatic carbocycles. The highest BCUT2D eigenvalue weighted by atomic mass is 19.4. The average Bonchev–Trinajstić information content (AvgIpc) is 2.69. The topological polar surface area (TPSA) is 62.1 Å². The van der Waals surface area contributed by atoms with E-state index in [0.717, 1.165) is 18.2 Å². The van der Waals surface area contributed by atoms with Crippen molar-refractivity contribution in [3.8, 4) is 17.6 Å². The van der Waals surface area contributed by atoms with Gasteiger partial charge in [0.05, 0.1) is 22.8 Å². The minimum absolute atomic E-state index is 0.133. The van der Waals surface area contributed by atoms with Gasteiger partial charge in [-0.15, -0.1) is 0 Å². The molecule has 4 nitrogen and oxygen atoms in total. The molecule has 0 unspecified atom stereocenters. The zero-order chi connectivity index (χ0) is 21.9. The summed E-state index contributed by atoms with van der Waals surface area (Å²) in [6, 6.07) is 14.0. The number of hydrogen-bond acceptors (Lipinski definition) is 3. The van der Waals surface area contributed by atoms with E-state index in [4.69, 9.17) is 10.00 Å². The predicted octanol–water partition coefficient (Wildman–Crippen LogP) is 6.07. The Morgan fingerprint density at radius 3 is 2.43 bits per heavy atom. The van der Waals surface area contributed by atoms with Gasteiger partial charge in [0.15, 0.2) is 0 Å². The standard InChI is InChI=1S/C22H14F4N2O2/c1-13-9-16(23)6-8-19(13)30-20-7-5-15(22(24,25)26)11-18(20)21(29)28-17-4-2-3-14(10-17)12-27/h2-11H,1H3,(H,28,29). The van der Waals surface area contributed by atoms with Gasteiger partial charge in [-0.3, -0.25) is 4.79 Å². The second-order valence-corrected chi connectivity index (χ2v) is 6.37. The number of alkyl halides is 3. The molecular weight excluding hydrogens is 400 g/mol. The number of nitrogens with zero attached hydrogens (tertiary/aromatic N) is 1. The minimum Gasteiger partial charge on any atom is -0.456 e. The summed E-state index contributed by atoms with van der Waals surface area (Å²) in [7, 11) is 0. The summed E-state index contributed by atoms with van der Waals surface area (Å²) in [5.41, 5.74) is -0.476. The molecule has 0 bridgehead atoms. The van der Waals surface area contributed by atoms with Gasteiger partial charge in [-0.25, -0.2) is 4.39 Å². The van der Waals surface area contributed by atoms with Crippen LogP contribution < -0.4 is 10.1 Å². The number of rotatable bonds is 4. The molecule has 1 amide bonds. The summed E-state index contributed by atoms with van der Waals surface area (Å²) in [5.74, 6) is -1.29. The van der Waals surface area contributed by atoms with Crippen molar-refractivity contribution in [2.24, 2.45) is 0 Å². The zero-order valence-corrected chi connectivity index (χ0v) is 15.5. The van der Waals surface area contributed by atoms with E-state index in [1.165, 1.54) is 36.4 Å². The van der Waals surface area contributed by atoms with Crippen LogP contribution in [0.25, 0.3) is 0 Å². The number of aryl methyl sites for hydroxylation is 1. The van der Waals surface area contributed by atoms with Gasteiger partial charge in [0.2, 0.25) is 0 Å². The Morgan fingerprint density at radius 2 is 1.77 bits per heavy atom. The van der Waals surface area contributed by atoms with Gasteiger partial charge in [0.1, 0.15) is 17.3 Å². The Balaban J connectivity index is 2.00. The Morgan fingerprint density at radius 1 is 1.03 bits per heavy atom. The first-order valence-electron chi connectivity index (χ1n) is 8.64. The van der Waals surface area contributed by atoms with E-state index in [9.17, 15) is 22.4 Å². The van der Waals surface area contributed by atoms with Crippen molar-refractivity contribution < 1.29 is 27.1 Å². The third kappa shape index (κ3) is 4.75. The molecule has 1 N–H and O–H groups in total. The lowest BCUT2D eigenvalue weighted by molar-refractivity contribution is -0.137. The van der Waals surface area contributed by atoms with E-state index >= 15 is 0 Å². The van der Waals surface area contributed by atoms with Crippen LogP contribution in [0.3, 0.4) is 0 Å². The lowest BCUT2D eigenvalue weighted by Gasteiger charge is -2.15. The van der Waals surface area contributed by atoms with Crippen molar-refractivity contribution in [3.63, 3.8) is 0 Å². The number of benzene rings is 3. The van der Waals surface area contributed by atoms with Crippen LogP contribution in [0.4, 0.5) is 23.2 Å². The second-order valence-electron chi connectivity index (χ2n) is 6.37. The third-order valence-electron chi connectivity index (χ3n) is 4.16. The highest BCUT2D eigenvalue weighted by molar-refractivity contribution is 6.06. The highest BCUT2D eigenvalue weighted by Gasteiger charge is 2.32. The second kappa shape index (κ2) is 8.25. The third-order valence-corrected chi connectivity index (χ3v) is 4.16. The molecule has 8 heteroatoms. The minimum atomic E-state index is -4.67. The normalized spacial score (nSPS) is 10.9. The smallest absolute Gasteiger partial charge is 0.416 e. The van der Waals surface area contributed by atoms with Crippen molar-refractivity contribution in [2.45, 2.75) is 13.1 Å². The largest absolute Gasteiger partial charge is 0.456 e. The van der Waals surface area contributed by atoms with Gasteiger partial charge >= 0.3 is 6.18 Å². The fourth-order valence-corrected chi connectivity index (χ4v) is 2.68. The molecule has 0 aliphatic heterocycles. The number of nitrogens with one attached hydrogen (secondary N) is 1. The number of carbonyl (C=O) groups is 1. The molecular formula is C22H14F4N2O2. The molecule has 3 rings (SSSR count). The molecule has 30 heavy (non-hydrogen) atoms. The highest BCUT2D eigenvalue weighted by Crippen LogP contribution is 2.35. The van der Waals surface area contributed by atoms with Crippen molar-refractivity contribution in [3.05, 3.63) is 88.7 Å². The maximum Gasteiger partial charge on any atom is 0.416 e. The number of ether oxygens (including phenoxy) is 1. The molecule has 0 saturated heterocycles. The SMILES string of the molecule is Cc1cc(F)ccc1Oc1ccc(C(F)(F)F)cc1C(=O)Nc1cccc(C#N)c1. The molecule has 0 heterocycles. The summed E-state index contributed by atoms with van der Waals surface area (Å²) in [4.78, 5) is 12.7. The Kier molecular flexibility index (Phi) is 5.74. The molecule has 0 spiro atoms. The van der Waals surface area contributed by atoms with Gasteiger partial charge in [0.25, 0.3) is 5.91 Å². The molecule has 0 atom stereocenters. The average molecular weight is 414 g/mol. The van der Waals surface area contributed by atoms with Gasteiger partial charge in [0, 0.05) is 5.69 Å². The first kappa shape index (κ1) is 20.9. The Bertz CT molecular complexity index is 1150. The van der Waals surface area contributed by atoms with Crippen molar-refractivity contribution in [1.29, 1.82) is 5.26 Å². The van der Waals surface area contributed by atoms with Crippen molar-refractivity contribution in [2.75, 3.05) is 5.32 Å². The molecule has 0 aliphatic rings. The Labute approximate surface area is 169 Å². The molecule has 0 fully saturated rings. The summed E-state index contributed by atoms with van der Waals surface area (Å²) >= 11 is 0. The zero-order valence-electron chi connectivity index (χ0n) is 15.5. The van der Waals surface area contributed by atoms with E-state index in [2.05, 4.69) is 5.32 Å². The van der Waals surface area contributed by atoms with Crippen LogP contribution in [0, 0.1) is 24.1 Å². The molecule has 0 radical (unpaired) electrons. The van der Waals surface area contributed by atoms with Gasteiger partial charge in [-0.1, -0.05) is 6.07 Å². The van der Waals surface area contributed by atoms with Gasteiger partial charge < -0.3 is 10.1 Å². The number of carbonyl (C=O) groups excluding carboxylic acids is 1. The first-order valence-corrected chi connectivity index (χ1v) is 8.64. The monoisotopic (exact) mass is 414 g/mol. The predicted molar refractivity (Wildman–Crippen MR) is 102 cm³/mol. The van der Waals surface area contributed by atoms with Crippen LogP contribution in [0.5, 0.6) is 11.5 Å². The fourth-order valence-electron chi connectivity index (χ4n) is 2.68. The Hall–Kier alpha value is -3.86. The van der Waals surface area contributed by atoms with Crippen LogP contribution in [0.2, 0.25) is 0 Å². The first-order chi connectivity index (χ1) is 14.2. The molecule has 0 aromatic heterocycles. The fraction of sp³-hybridized carbons (Fsp3) is 0.0909. The van der Waals surface area contributed by atoms with Crippen molar-refractivity contribution in [1.82, 2.24) is 0 Å². The molecule has 152 valence electrons. The van der Waals surface area contributed by atoms with Crippen LogP contribution >= 0.6 is 0 Å². The molecule has 3 aromatic rings. The van der Waals surface area contributed by atoms with E-state index in [0.29, 0.717) is 11.6 Å². The van der Waals surface area contributed by atoms with Crippen LogP contribution in [0.15, 0.2) is 60.7 Å². The van der Waals surface area contributed by atoms with Crippen LogP contribution in [0.1, 0.15) is 27.0 Å². The maximum atomic E-state index is 13.3. The number of nitriles is 1. The molecule has 3 aromatic carbocycles. The van der Waals surface area contributed by atoms with Crippen LogP contribution in [-0.2, 0) is 6.18 Å². The van der Waals surface area contributed by atoms with Gasteiger partial charge in [-0.05, 0) is 67.1 Å². The van der Waals surface area contributed by atoms with Crippen LogP contribution in [-0.4, -0.2) is 5.91 Å². The van der Waals surface area contributed by atoms with E-state index < -0.39 is 23.5 Å². The summed E-state index contributed by atoms with van der Waals surface area (Å²) in [6.45, 7) is 1.57. The van der Waals surface area contributed by atoms with E-state index in [-0.39, 0.29) is 28.3 Å². The summed E-state index contributed by atoms with van der Waals surface area (Å²) in [5, 5.41) is 11.4. The quantitative estimate of drug-likeness (QED) is 0.527.